The summed E-state index contributed by atoms with van der Waals surface area (Å²) in [6.45, 7) is 10.7. The highest BCUT2D eigenvalue weighted by Gasteiger charge is 2.47. The SMILES string of the molecule is CCOC(=O)C(C)(c1nc2cc(C#N)ccc2o1)c1c(OC)cc(C)c2c1ccn2C(=O)OC(C)(C)C. The maximum Gasteiger partial charge on any atom is 0.419 e. The van der Waals surface area contributed by atoms with Crippen molar-refractivity contribution in [3.05, 3.63) is 59.1 Å². The number of rotatable bonds is 5. The molecule has 9 nitrogen and oxygen atoms in total. The van der Waals surface area contributed by atoms with Crippen LogP contribution in [-0.4, -0.2) is 40.9 Å². The number of methoxy groups -OCH3 is 1. The number of nitrogens with zero attached hydrogens (tertiary/aromatic N) is 3. The lowest BCUT2D eigenvalue weighted by molar-refractivity contribution is -0.148. The van der Waals surface area contributed by atoms with Crippen molar-refractivity contribution in [1.29, 1.82) is 5.26 Å². The predicted octanol–water partition coefficient (Wildman–Crippen LogP) is 5.62. The van der Waals surface area contributed by atoms with Gasteiger partial charge in [0.25, 0.3) is 0 Å². The normalized spacial score (nSPS) is 13.2. The summed E-state index contributed by atoms with van der Waals surface area (Å²) < 4.78 is 24.3. The molecule has 0 fully saturated rings. The molecule has 37 heavy (non-hydrogen) atoms. The topological polar surface area (TPSA) is 117 Å². The van der Waals surface area contributed by atoms with Gasteiger partial charge in [0.1, 0.15) is 16.9 Å². The smallest absolute Gasteiger partial charge is 0.419 e. The average Bonchev–Trinajstić information content (AvgIpc) is 3.47. The molecule has 0 aliphatic heterocycles. The summed E-state index contributed by atoms with van der Waals surface area (Å²) in [5.41, 5.74) is 0.739. The van der Waals surface area contributed by atoms with Crippen LogP contribution < -0.4 is 4.74 Å². The van der Waals surface area contributed by atoms with Gasteiger partial charge < -0.3 is 18.6 Å². The molecule has 4 rings (SSSR count). The molecule has 0 saturated heterocycles. The maximum absolute atomic E-state index is 13.7. The lowest BCUT2D eigenvalue weighted by Gasteiger charge is -2.28. The number of carbonyl (C=O) groups excluding carboxylic acids is 2. The zero-order valence-corrected chi connectivity index (χ0v) is 22.0. The van der Waals surface area contributed by atoms with Crippen molar-refractivity contribution in [2.45, 2.75) is 52.6 Å². The number of benzene rings is 2. The zero-order valence-electron chi connectivity index (χ0n) is 22.0. The summed E-state index contributed by atoms with van der Waals surface area (Å²) in [6, 6.07) is 10.4. The summed E-state index contributed by atoms with van der Waals surface area (Å²) in [7, 11) is 1.51. The van der Waals surface area contributed by atoms with E-state index >= 15 is 0 Å². The van der Waals surface area contributed by atoms with Crippen LogP contribution in [0.3, 0.4) is 0 Å². The van der Waals surface area contributed by atoms with Gasteiger partial charge in [-0.3, -0.25) is 9.36 Å². The minimum atomic E-state index is -1.56. The Kier molecular flexibility index (Phi) is 6.46. The minimum Gasteiger partial charge on any atom is -0.496 e. The number of aromatic nitrogens is 2. The first kappa shape index (κ1) is 25.8. The van der Waals surface area contributed by atoms with Crippen LogP contribution in [0.2, 0.25) is 0 Å². The van der Waals surface area contributed by atoms with Crippen molar-refractivity contribution >= 4 is 34.1 Å². The van der Waals surface area contributed by atoms with Crippen LogP contribution >= 0.6 is 0 Å². The quantitative estimate of drug-likeness (QED) is 0.322. The standard InChI is InChI=1S/C28H29N3O6/c1-8-35-25(32)28(6,24-30-19-14-17(15-29)9-10-20(19)36-24)22-18-11-12-31(26(33)37-27(3,4)5)23(18)16(2)13-21(22)34-7/h9-14H,8H2,1-7H3. The van der Waals surface area contributed by atoms with Gasteiger partial charge in [0.15, 0.2) is 11.0 Å². The highest BCUT2D eigenvalue weighted by molar-refractivity contribution is 6.00. The van der Waals surface area contributed by atoms with Crippen molar-refractivity contribution in [2.75, 3.05) is 13.7 Å². The van der Waals surface area contributed by atoms with Gasteiger partial charge in [0, 0.05) is 17.1 Å². The van der Waals surface area contributed by atoms with Gasteiger partial charge in [-0.05, 0) is 77.4 Å². The van der Waals surface area contributed by atoms with E-state index in [1.165, 1.54) is 11.7 Å². The molecular weight excluding hydrogens is 474 g/mol. The number of esters is 1. The van der Waals surface area contributed by atoms with E-state index < -0.39 is 23.1 Å². The second-order valence-electron chi connectivity index (χ2n) is 9.86. The monoisotopic (exact) mass is 503 g/mol. The number of carbonyl (C=O) groups is 2. The molecule has 0 radical (unpaired) electrons. The van der Waals surface area contributed by atoms with E-state index in [0.29, 0.717) is 38.9 Å². The Bertz CT molecular complexity index is 1570. The third-order valence-electron chi connectivity index (χ3n) is 6.06. The highest BCUT2D eigenvalue weighted by atomic mass is 16.6. The minimum absolute atomic E-state index is 0.0736. The summed E-state index contributed by atoms with van der Waals surface area (Å²) in [5, 5.41) is 9.87. The Hall–Kier alpha value is -4.32. The number of fused-ring (bicyclic) bond motifs is 2. The first-order valence-electron chi connectivity index (χ1n) is 11.9. The molecule has 192 valence electrons. The number of ether oxygens (including phenoxy) is 3. The van der Waals surface area contributed by atoms with Crippen molar-refractivity contribution in [3.63, 3.8) is 0 Å². The lowest BCUT2D eigenvalue weighted by atomic mass is 9.79. The molecule has 1 atom stereocenters. The number of hydrogen-bond donors (Lipinski definition) is 0. The van der Waals surface area contributed by atoms with Crippen LogP contribution in [0.5, 0.6) is 5.75 Å². The molecule has 2 heterocycles. The van der Waals surface area contributed by atoms with Crippen LogP contribution in [0, 0.1) is 18.3 Å². The van der Waals surface area contributed by atoms with E-state index in [1.54, 1.807) is 71.1 Å². The fraction of sp³-hybridized carbons (Fsp3) is 0.357. The molecule has 0 aliphatic carbocycles. The third kappa shape index (κ3) is 4.40. The van der Waals surface area contributed by atoms with Crippen LogP contribution in [0.25, 0.3) is 22.0 Å². The van der Waals surface area contributed by atoms with Crippen LogP contribution in [0.15, 0.2) is 40.9 Å². The number of oxazole rings is 1. The molecular formula is C28H29N3O6. The molecule has 1 unspecified atom stereocenters. The first-order valence-corrected chi connectivity index (χ1v) is 11.9. The number of nitriles is 1. The molecule has 2 aromatic heterocycles. The Balaban J connectivity index is 2.04. The van der Waals surface area contributed by atoms with Crippen LogP contribution in [0.4, 0.5) is 4.79 Å². The molecule has 4 aromatic rings. The molecule has 0 N–H and O–H groups in total. The predicted molar refractivity (Wildman–Crippen MR) is 137 cm³/mol. The molecule has 0 amide bonds. The van der Waals surface area contributed by atoms with Crippen molar-refractivity contribution in [2.24, 2.45) is 0 Å². The van der Waals surface area contributed by atoms with E-state index in [1.807, 2.05) is 6.92 Å². The van der Waals surface area contributed by atoms with E-state index in [0.717, 1.165) is 5.56 Å². The second kappa shape index (κ2) is 9.28. The van der Waals surface area contributed by atoms with Gasteiger partial charge in [0.05, 0.1) is 30.9 Å². The fourth-order valence-corrected chi connectivity index (χ4v) is 4.43. The summed E-state index contributed by atoms with van der Waals surface area (Å²) in [6.07, 6.45) is 1.05. The fourth-order valence-electron chi connectivity index (χ4n) is 4.43. The van der Waals surface area contributed by atoms with Gasteiger partial charge in [-0.25, -0.2) is 9.78 Å². The van der Waals surface area contributed by atoms with E-state index in [-0.39, 0.29) is 12.5 Å². The first-order chi connectivity index (χ1) is 17.4. The Morgan fingerprint density at radius 1 is 1.16 bits per heavy atom. The zero-order chi connectivity index (χ0) is 27.1. The van der Waals surface area contributed by atoms with E-state index in [4.69, 9.17) is 18.6 Å². The van der Waals surface area contributed by atoms with Gasteiger partial charge in [-0.1, -0.05) is 0 Å². The average molecular weight is 504 g/mol. The van der Waals surface area contributed by atoms with Gasteiger partial charge in [-0.15, -0.1) is 0 Å². The summed E-state index contributed by atoms with van der Waals surface area (Å²) >= 11 is 0. The van der Waals surface area contributed by atoms with Crippen molar-refractivity contribution < 1.29 is 28.2 Å². The Morgan fingerprint density at radius 2 is 1.89 bits per heavy atom. The highest BCUT2D eigenvalue weighted by Crippen LogP contribution is 2.45. The van der Waals surface area contributed by atoms with Crippen molar-refractivity contribution in [1.82, 2.24) is 9.55 Å². The maximum atomic E-state index is 13.7. The lowest BCUT2D eigenvalue weighted by Crippen LogP contribution is -2.37. The van der Waals surface area contributed by atoms with Crippen LogP contribution in [0.1, 0.15) is 57.2 Å². The molecule has 0 bridgehead atoms. The van der Waals surface area contributed by atoms with Crippen LogP contribution in [-0.2, 0) is 19.7 Å². The molecule has 9 heteroatoms. The van der Waals surface area contributed by atoms with Crippen molar-refractivity contribution in [3.8, 4) is 11.8 Å². The molecule has 0 saturated carbocycles. The summed E-state index contributed by atoms with van der Waals surface area (Å²) in [4.78, 5) is 31.3. The van der Waals surface area contributed by atoms with E-state index in [9.17, 15) is 14.9 Å². The van der Waals surface area contributed by atoms with Gasteiger partial charge in [0.2, 0.25) is 5.89 Å². The van der Waals surface area contributed by atoms with Gasteiger partial charge >= 0.3 is 12.1 Å². The van der Waals surface area contributed by atoms with E-state index in [2.05, 4.69) is 11.1 Å². The molecule has 2 aromatic carbocycles. The second-order valence-corrected chi connectivity index (χ2v) is 9.86. The molecule has 0 spiro atoms. The Morgan fingerprint density at radius 3 is 2.51 bits per heavy atom. The third-order valence-corrected chi connectivity index (χ3v) is 6.06. The number of aryl methyl sites for hydroxylation is 1. The summed E-state index contributed by atoms with van der Waals surface area (Å²) in [5.74, 6) is -0.123. The van der Waals surface area contributed by atoms with Gasteiger partial charge in [-0.2, -0.15) is 5.26 Å². The number of hydrogen-bond acceptors (Lipinski definition) is 8. The molecule has 0 aliphatic rings. The Labute approximate surface area is 214 Å². The largest absolute Gasteiger partial charge is 0.496 e.